The summed E-state index contributed by atoms with van der Waals surface area (Å²) in [4.78, 5) is 26.2. The number of urea groups is 1. The lowest BCUT2D eigenvalue weighted by molar-refractivity contribution is -0.121. The Bertz CT molecular complexity index is 604. The summed E-state index contributed by atoms with van der Waals surface area (Å²) in [5.41, 5.74) is 5.39. The molecule has 1 fully saturated rings. The molecule has 3 N–H and O–H groups in total. The monoisotopic (exact) mass is 340 g/mol. The number of nitrogens with two attached hydrogens (primary N) is 1. The molecule has 2 rings (SSSR count). The van der Waals surface area contributed by atoms with Gasteiger partial charge in [0.1, 0.15) is 11.6 Å². The standard InChI is InChI=1S/C16H22F2N4O2/c1-2-14(12-4-3-11(17)9-13(12)18)22-7-5-21(6-8-22)10-15(23)20-16(19)24/h3-4,9,14H,2,5-8,10H2,1H3,(H3,19,20,23,24)/t14-/m1/s1. The zero-order chi connectivity index (χ0) is 17.7. The number of nitrogens with zero attached hydrogens (tertiary/aromatic N) is 2. The Labute approximate surface area is 139 Å². The molecular formula is C16H22F2N4O2. The first kappa shape index (κ1) is 18.3. The number of hydrogen-bond acceptors (Lipinski definition) is 4. The van der Waals surface area contributed by atoms with Gasteiger partial charge in [0.25, 0.3) is 0 Å². The summed E-state index contributed by atoms with van der Waals surface area (Å²) in [6.07, 6.45) is 0.699. The van der Waals surface area contributed by atoms with E-state index >= 15 is 0 Å². The Morgan fingerprint density at radius 3 is 2.46 bits per heavy atom. The number of nitrogens with one attached hydrogen (secondary N) is 1. The summed E-state index contributed by atoms with van der Waals surface area (Å²) >= 11 is 0. The highest BCUT2D eigenvalue weighted by Gasteiger charge is 2.26. The fourth-order valence-electron chi connectivity index (χ4n) is 3.06. The number of halogens is 2. The normalized spacial score (nSPS) is 17.5. The number of carbonyl (C=O) groups excluding carboxylic acids is 2. The predicted octanol–water partition coefficient (Wildman–Crippen LogP) is 1.23. The van der Waals surface area contributed by atoms with Crippen molar-refractivity contribution >= 4 is 11.9 Å². The summed E-state index contributed by atoms with van der Waals surface area (Å²) in [6, 6.07) is 2.67. The molecule has 6 nitrogen and oxygen atoms in total. The summed E-state index contributed by atoms with van der Waals surface area (Å²) < 4.78 is 27.1. The fraction of sp³-hybridized carbons (Fsp3) is 0.500. The zero-order valence-electron chi connectivity index (χ0n) is 13.6. The van der Waals surface area contributed by atoms with Crippen LogP contribution in [-0.2, 0) is 4.79 Å². The second kappa shape index (κ2) is 8.16. The lowest BCUT2D eigenvalue weighted by Gasteiger charge is -2.39. The lowest BCUT2D eigenvalue weighted by atomic mass is 10.0. The summed E-state index contributed by atoms with van der Waals surface area (Å²) in [6.45, 7) is 4.59. The van der Waals surface area contributed by atoms with Gasteiger partial charge in [0.15, 0.2) is 0 Å². The van der Waals surface area contributed by atoms with Crippen LogP contribution in [0.5, 0.6) is 0 Å². The molecule has 8 heteroatoms. The molecule has 3 amide bonds. The average Bonchev–Trinajstić information content (AvgIpc) is 2.50. The molecule has 1 heterocycles. The number of primary amides is 1. The highest BCUT2D eigenvalue weighted by atomic mass is 19.1. The quantitative estimate of drug-likeness (QED) is 0.845. The van der Waals surface area contributed by atoms with Crippen molar-refractivity contribution in [3.8, 4) is 0 Å². The topological polar surface area (TPSA) is 78.7 Å². The van der Waals surface area contributed by atoms with Gasteiger partial charge in [0.05, 0.1) is 6.54 Å². The molecule has 132 valence electrons. The minimum atomic E-state index is -0.864. The van der Waals surface area contributed by atoms with E-state index in [0.717, 1.165) is 6.07 Å². The van der Waals surface area contributed by atoms with Gasteiger partial charge >= 0.3 is 6.03 Å². The van der Waals surface area contributed by atoms with Gasteiger partial charge in [-0.3, -0.25) is 19.9 Å². The molecule has 1 aromatic carbocycles. The smallest absolute Gasteiger partial charge is 0.318 e. The maximum atomic E-state index is 14.0. The molecule has 0 bridgehead atoms. The molecule has 1 aliphatic rings. The van der Waals surface area contributed by atoms with E-state index < -0.39 is 23.6 Å². The van der Waals surface area contributed by atoms with Crippen molar-refractivity contribution in [2.45, 2.75) is 19.4 Å². The minimum absolute atomic E-state index is 0.0957. The largest absolute Gasteiger partial charge is 0.351 e. The van der Waals surface area contributed by atoms with Crippen LogP contribution in [0.1, 0.15) is 24.9 Å². The van der Waals surface area contributed by atoms with Crippen molar-refractivity contribution < 1.29 is 18.4 Å². The van der Waals surface area contributed by atoms with E-state index in [9.17, 15) is 18.4 Å². The third-order valence-corrected chi connectivity index (χ3v) is 4.19. The van der Waals surface area contributed by atoms with Crippen LogP contribution in [0.3, 0.4) is 0 Å². The van der Waals surface area contributed by atoms with Crippen LogP contribution in [-0.4, -0.2) is 54.5 Å². The van der Waals surface area contributed by atoms with Crippen LogP contribution >= 0.6 is 0 Å². The Morgan fingerprint density at radius 2 is 1.92 bits per heavy atom. The van der Waals surface area contributed by atoms with E-state index in [0.29, 0.717) is 38.2 Å². The number of rotatable bonds is 5. The van der Waals surface area contributed by atoms with Crippen molar-refractivity contribution in [3.05, 3.63) is 35.4 Å². The van der Waals surface area contributed by atoms with Gasteiger partial charge in [-0.15, -0.1) is 0 Å². The number of hydrogen-bond donors (Lipinski definition) is 2. The molecule has 0 saturated carbocycles. The molecule has 0 aromatic heterocycles. The fourth-order valence-corrected chi connectivity index (χ4v) is 3.06. The van der Waals surface area contributed by atoms with Crippen molar-refractivity contribution in [3.63, 3.8) is 0 Å². The average molecular weight is 340 g/mol. The van der Waals surface area contributed by atoms with Crippen LogP contribution < -0.4 is 11.1 Å². The minimum Gasteiger partial charge on any atom is -0.351 e. The van der Waals surface area contributed by atoms with Crippen LogP contribution in [0.15, 0.2) is 18.2 Å². The molecule has 0 aliphatic carbocycles. The maximum Gasteiger partial charge on any atom is 0.318 e. The summed E-state index contributed by atoms with van der Waals surface area (Å²) in [5.74, 6) is -1.56. The number of imide groups is 1. The van der Waals surface area contributed by atoms with E-state index in [1.165, 1.54) is 12.1 Å². The molecule has 1 atom stereocenters. The van der Waals surface area contributed by atoms with Gasteiger partial charge in [-0.1, -0.05) is 13.0 Å². The Morgan fingerprint density at radius 1 is 1.25 bits per heavy atom. The van der Waals surface area contributed by atoms with Gasteiger partial charge in [0, 0.05) is 43.9 Å². The van der Waals surface area contributed by atoms with Crippen molar-refractivity contribution in [1.29, 1.82) is 0 Å². The van der Waals surface area contributed by atoms with Crippen LogP contribution in [0.2, 0.25) is 0 Å². The highest BCUT2D eigenvalue weighted by molar-refractivity contribution is 5.94. The van der Waals surface area contributed by atoms with E-state index in [2.05, 4.69) is 4.90 Å². The Hall–Kier alpha value is -2.06. The molecule has 0 radical (unpaired) electrons. The van der Waals surface area contributed by atoms with Gasteiger partial charge in [-0.25, -0.2) is 13.6 Å². The molecule has 1 saturated heterocycles. The van der Waals surface area contributed by atoms with Crippen LogP contribution in [0.25, 0.3) is 0 Å². The zero-order valence-corrected chi connectivity index (χ0v) is 13.6. The second-order valence-corrected chi connectivity index (χ2v) is 5.81. The van der Waals surface area contributed by atoms with Crippen molar-refractivity contribution in [1.82, 2.24) is 15.1 Å². The van der Waals surface area contributed by atoms with Gasteiger partial charge < -0.3 is 5.73 Å². The molecule has 1 aromatic rings. The first-order valence-electron chi connectivity index (χ1n) is 7.91. The Kier molecular flexibility index (Phi) is 6.22. The molecule has 24 heavy (non-hydrogen) atoms. The number of benzene rings is 1. The molecule has 0 unspecified atom stereocenters. The van der Waals surface area contributed by atoms with E-state index in [1.54, 1.807) is 0 Å². The molecule has 1 aliphatic heterocycles. The van der Waals surface area contributed by atoms with Crippen molar-refractivity contribution in [2.75, 3.05) is 32.7 Å². The van der Waals surface area contributed by atoms with E-state index in [4.69, 9.17) is 5.73 Å². The lowest BCUT2D eigenvalue weighted by Crippen LogP contribution is -2.51. The molecular weight excluding hydrogens is 318 g/mol. The molecule has 0 spiro atoms. The SMILES string of the molecule is CC[C@H](c1ccc(F)cc1F)N1CCN(CC(=O)NC(N)=O)CC1. The summed E-state index contributed by atoms with van der Waals surface area (Å²) in [5, 5.41) is 2.03. The number of carbonyl (C=O) groups is 2. The second-order valence-electron chi connectivity index (χ2n) is 5.81. The highest BCUT2D eigenvalue weighted by Crippen LogP contribution is 2.27. The van der Waals surface area contributed by atoms with Crippen molar-refractivity contribution in [2.24, 2.45) is 5.73 Å². The number of amides is 3. The maximum absolute atomic E-state index is 14.0. The third-order valence-electron chi connectivity index (χ3n) is 4.19. The first-order chi connectivity index (χ1) is 11.4. The van der Waals surface area contributed by atoms with Crippen LogP contribution in [0, 0.1) is 11.6 Å². The van der Waals surface area contributed by atoms with E-state index in [1.807, 2.05) is 17.1 Å². The van der Waals surface area contributed by atoms with Gasteiger partial charge in [0.2, 0.25) is 5.91 Å². The van der Waals surface area contributed by atoms with Gasteiger partial charge in [-0.05, 0) is 12.5 Å². The predicted molar refractivity (Wildman–Crippen MR) is 85.1 cm³/mol. The van der Waals surface area contributed by atoms with Crippen LogP contribution in [0.4, 0.5) is 13.6 Å². The Balaban J connectivity index is 1.94. The number of piperazine rings is 1. The summed E-state index contributed by atoms with van der Waals surface area (Å²) in [7, 11) is 0. The van der Waals surface area contributed by atoms with Gasteiger partial charge in [-0.2, -0.15) is 0 Å². The first-order valence-corrected chi connectivity index (χ1v) is 7.91. The van der Waals surface area contributed by atoms with E-state index in [-0.39, 0.29) is 12.6 Å². The third kappa shape index (κ3) is 4.72.